The third-order valence-electron chi connectivity index (χ3n) is 3.74. The molecule has 0 aromatic heterocycles. The number of allylic oxidation sites excluding steroid dienone is 2. The Balaban J connectivity index is 1.92. The molecule has 1 aliphatic carbocycles. The lowest BCUT2D eigenvalue weighted by molar-refractivity contribution is -0.147. The molecule has 0 heterocycles. The zero-order valence-electron chi connectivity index (χ0n) is 11.6. The summed E-state index contributed by atoms with van der Waals surface area (Å²) in [7, 11) is 0. The molecule has 1 aliphatic rings. The van der Waals surface area contributed by atoms with Crippen LogP contribution in [-0.4, -0.2) is 28.6 Å². The Morgan fingerprint density at radius 1 is 1.14 bits per heavy atom. The molecule has 1 aromatic rings. The van der Waals surface area contributed by atoms with Crippen LogP contribution in [0.25, 0.3) is 0 Å². The van der Waals surface area contributed by atoms with E-state index in [0.29, 0.717) is 12.8 Å². The maximum Gasteiger partial charge on any atom is 0.307 e. The minimum absolute atomic E-state index is 0.0788. The molecule has 5 nitrogen and oxygen atoms in total. The largest absolute Gasteiger partial charge is 0.481 e. The standard InChI is InChI=1S/C16H19NO4/c18-14(11-6-2-1-3-7-11)10-17-15(19)12-8-4-5-9-13(12)16(20)21/h1-7,12-14,18H,8-10H2,(H,17,19)(H,20,21). The van der Waals surface area contributed by atoms with Crippen molar-refractivity contribution in [1.82, 2.24) is 5.32 Å². The summed E-state index contributed by atoms with van der Waals surface area (Å²) in [6, 6.07) is 9.03. The molecule has 0 fully saturated rings. The highest BCUT2D eigenvalue weighted by molar-refractivity contribution is 5.85. The number of carboxylic acids is 1. The number of carbonyl (C=O) groups excluding carboxylic acids is 1. The molecule has 5 heteroatoms. The Labute approximate surface area is 123 Å². The number of aliphatic hydroxyl groups excluding tert-OH is 1. The van der Waals surface area contributed by atoms with Crippen LogP contribution in [-0.2, 0) is 9.59 Å². The highest BCUT2D eigenvalue weighted by Gasteiger charge is 2.33. The molecule has 3 unspecified atom stereocenters. The lowest BCUT2D eigenvalue weighted by Gasteiger charge is -2.24. The molecule has 3 atom stereocenters. The summed E-state index contributed by atoms with van der Waals surface area (Å²) >= 11 is 0. The normalized spacial score (nSPS) is 22.5. The number of hydrogen-bond acceptors (Lipinski definition) is 3. The van der Waals surface area contributed by atoms with Crippen molar-refractivity contribution >= 4 is 11.9 Å². The smallest absolute Gasteiger partial charge is 0.307 e. The van der Waals surface area contributed by atoms with Crippen molar-refractivity contribution in [1.29, 1.82) is 0 Å². The molecule has 0 spiro atoms. The number of aliphatic hydroxyl groups is 1. The summed E-state index contributed by atoms with van der Waals surface area (Å²) in [5.74, 6) is -2.54. The number of benzene rings is 1. The van der Waals surface area contributed by atoms with Gasteiger partial charge in [-0.15, -0.1) is 0 Å². The number of carboxylic acid groups (broad SMARTS) is 1. The molecule has 2 rings (SSSR count). The lowest BCUT2D eigenvalue weighted by Crippen LogP contribution is -2.40. The predicted molar refractivity (Wildman–Crippen MR) is 77.4 cm³/mol. The number of aliphatic carboxylic acids is 1. The van der Waals surface area contributed by atoms with Gasteiger partial charge in [0.2, 0.25) is 5.91 Å². The van der Waals surface area contributed by atoms with Gasteiger partial charge < -0.3 is 15.5 Å². The highest BCUT2D eigenvalue weighted by Crippen LogP contribution is 2.26. The minimum Gasteiger partial charge on any atom is -0.481 e. The predicted octanol–water partition coefficient (Wildman–Crippen LogP) is 1.50. The molecule has 1 amide bonds. The average Bonchev–Trinajstić information content (AvgIpc) is 2.53. The van der Waals surface area contributed by atoms with Crippen molar-refractivity contribution in [3.05, 3.63) is 48.0 Å². The summed E-state index contributed by atoms with van der Waals surface area (Å²) in [5.41, 5.74) is 0.719. The van der Waals surface area contributed by atoms with E-state index in [0.717, 1.165) is 5.56 Å². The van der Waals surface area contributed by atoms with Gasteiger partial charge in [0.15, 0.2) is 0 Å². The van der Waals surface area contributed by atoms with Crippen molar-refractivity contribution in [2.75, 3.05) is 6.54 Å². The highest BCUT2D eigenvalue weighted by atomic mass is 16.4. The van der Waals surface area contributed by atoms with Crippen LogP contribution in [0.15, 0.2) is 42.5 Å². The first-order valence-corrected chi connectivity index (χ1v) is 6.98. The van der Waals surface area contributed by atoms with E-state index in [1.165, 1.54) is 0 Å². The number of rotatable bonds is 5. The number of hydrogen-bond donors (Lipinski definition) is 3. The molecular weight excluding hydrogens is 270 g/mol. The van der Waals surface area contributed by atoms with Crippen LogP contribution < -0.4 is 5.32 Å². The maximum atomic E-state index is 12.1. The van der Waals surface area contributed by atoms with E-state index in [4.69, 9.17) is 5.11 Å². The molecule has 1 aromatic carbocycles. The van der Waals surface area contributed by atoms with Crippen LogP contribution in [0.1, 0.15) is 24.5 Å². The molecule has 0 aliphatic heterocycles. The minimum atomic E-state index is -0.955. The zero-order chi connectivity index (χ0) is 15.2. The molecule has 112 valence electrons. The van der Waals surface area contributed by atoms with Gasteiger partial charge in [-0.1, -0.05) is 42.5 Å². The van der Waals surface area contributed by atoms with Gasteiger partial charge in [0.25, 0.3) is 0 Å². The third-order valence-corrected chi connectivity index (χ3v) is 3.74. The fraction of sp³-hybridized carbons (Fsp3) is 0.375. The fourth-order valence-corrected chi connectivity index (χ4v) is 2.50. The van der Waals surface area contributed by atoms with E-state index in [2.05, 4.69) is 5.32 Å². The second-order valence-corrected chi connectivity index (χ2v) is 5.17. The number of nitrogens with one attached hydrogen (secondary N) is 1. The van der Waals surface area contributed by atoms with Gasteiger partial charge in [0, 0.05) is 6.54 Å². The molecule has 0 saturated carbocycles. The first kappa shape index (κ1) is 15.3. The van der Waals surface area contributed by atoms with Crippen LogP contribution in [0, 0.1) is 11.8 Å². The van der Waals surface area contributed by atoms with E-state index >= 15 is 0 Å². The number of amides is 1. The molecular formula is C16H19NO4. The zero-order valence-corrected chi connectivity index (χ0v) is 11.6. The topological polar surface area (TPSA) is 86.6 Å². The molecule has 0 saturated heterocycles. The SMILES string of the molecule is O=C(O)C1CC=CCC1C(=O)NCC(O)c1ccccc1. The summed E-state index contributed by atoms with van der Waals surface area (Å²) in [4.78, 5) is 23.3. The Morgan fingerprint density at radius 2 is 1.76 bits per heavy atom. The quantitative estimate of drug-likeness (QED) is 0.717. The van der Waals surface area contributed by atoms with Crippen LogP contribution in [0.2, 0.25) is 0 Å². The lowest BCUT2D eigenvalue weighted by atomic mass is 9.82. The van der Waals surface area contributed by atoms with Gasteiger partial charge in [0.1, 0.15) is 0 Å². The van der Waals surface area contributed by atoms with Crippen LogP contribution in [0.4, 0.5) is 0 Å². The van der Waals surface area contributed by atoms with Crippen molar-refractivity contribution in [3.63, 3.8) is 0 Å². The summed E-state index contributed by atoms with van der Waals surface area (Å²) in [5, 5.41) is 21.8. The van der Waals surface area contributed by atoms with Gasteiger partial charge in [0.05, 0.1) is 17.9 Å². The monoisotopic (exact) mass is 289 g/mol. The van der Waals surface area contributed by atoms with Crippen LogP contribution in [0.3, 0.4) is 0 Å². The summed E-state index contributed by atoms with van der Waals surface area (Å²) in [6.07, 6.45) is 3.62. The first-order valence-electron chi connectivity index (χ1n) is 6.98. The van der Waals surface area contributed by atoms with Gasteiger partial charge in [-0.2, -0.15) is 0 Å². The van der Waals surface area contributed by atoms with Gasteiger partial charge in [-0.25, -0.2) is 0 Å². The average molecular weight is 289 g/mol. The molecule has 0 bridgehead atoms. The number of carbonyl (C=O) groups is 2. The van der Waals surface area contributed by atoms with E-state index < -0.39 is 23.9 Å². The van der Waals surface area contributed by atoms with E-state index in [1.807, 2.05) is 24.3 Å². The van der Waals surface area contributed by atoms with Gasteiger partial charge in [-0.05, 0) is 18.4 Å². The van der Waals surface area contributed by atoms with Gasteiger partial charge >= 0.3 is 5.97 Å². The van der Waals surface area contributed by atoms with Gasteiger partial charge in [-0.3, -0.25) is 9.59 Å². The molecule has 0 radical (unpaired) electrons. The van der Waals surface area contributed by atoms with Crippen molar-refractivity contribution in [3.8, 4) is 0 Å². The van der Waals surface area contributed by atoms with Crippen molar-refractivity contribution in [2.24, 2.45) is 11.8 Å². The summed E-state index contributed by atoms with van der Waals surface area (Å²) < 4.78 is 0. The first-order chi connectivity index (χ1) is 10.1. The second kappa shape index (κ2) is 7.04. The molecule has 3 N–H and O–H groups in total. The van der Waals surface area contributed by atoms with Crippen LogP contribution >= 0.6 is 0 Å². The van der Waals surface area contributed by atoms with Crippen molar-refractivity contribution in [2.45, 2.75) is 18.9 Å². The Morgan fingerprint density at radius 3 is 2.38 bits per heavy atom. The van der Waals surface area contributed by atoms with E-state index in [-0.39, 0.29) is 12.5 Å². The Hall–Kier alpha value is -2.14. The van der Waals surface area contributed by atoms with Crippen molar-refractivity contribution < 1.29 is 19.8 Å². The fourth-order valence-electron chi connectivity index (χ4n) is 2.50. The van der Waals surface area contributed by atoms with E-state index in [9.17, 15) is 14.7 Å². The second-order valence-electron chi connectivity index (χ2n) is 5.17. The molecule has 21 heavy (non-hydrogen) atoms. The maximum absolute atomic E-state index is 12.1. The summed E-state index contributed by atoms with van der Waals surface area (Å²) in [6.45, 7) is 0.0788. The van der Waals surface area contributed by atoms with E-state index in [1.54, 1.807) is 18.2 Å². The third kappa shape index (κ3) is 3.92. The Kier molecular flexibility index (Phi) is 5.11. The Bertz CT molecular complexity index is 526. The van der Waals surface area contributed by atoms with Crippen LogP contribution in [0.5, 0.6) is 0 Å².